The highest BCUT2D eigenvalue weighted by Crippen LogP contribution is 2.39. The molecule has 142 valence electrons. The van der Waals surface area contributed by atoms with Crippen molar-refractivity contribution in [2.24, 2.45) is 0 Å². The van der Waals surface area contributed by atoms with Gasteiger partial charge in [0.05, 0.1) is 18.8 Å². The molecule has 0 bridgehead atoms. The van der Waals surface area contributed by atoms with Crippen molar-refractivity contribution in [2.75, 3.05) is 19.5 Å². The van der Waals surface area contributed by atoms with Crippen molar-refractivity contribution in [2.45, 2.75) is 25.2 Å². The summed E-state index contributed by atoms with van der Waals surface area (Å²) in [6.07, 6.45) is 2.24. The van der Waals surface area contributed by atoms with Crippen molar-refractivity contribution < 1.29 is 19.0 Å². The van der Waals surface area contributed by atoms with Gasteiger partial charge in [0.2, 0.25) is 5.88 Å². The van der Waals surface area contributed by atoms with Crippen molar-refractivity contribution in [1.29, 1.82) is 0 Å². The van der Waals surface area contributed by atoms with Crippen LogP contribution in [0.15, 0.2) is 47.4 Å². The molecule has 1 heterocycles. The number of H-pyrrole nitrogens is 1. The van der Waals surface area contributed by atoms with E-state index < -0.39 is 6.16 Å². The highest BCUT2D eigenvalue weighted by molar-refractivity contribution is 7.98. The second-order valence-corrected chi connectivity index (χ2v) is 6.78. The fraction of sp³-hybridized carbons (Fsp3) is 0.286. The molecule has 3 aromatic rings. The number of benzene rings is 2. The molecule has 0 aliphatic carbocycles. The summed E-state index contributed by atoms with van der Waals surface area (Å²) in [4.78, 5) is 16.2. The topological polar surface area (TPSA) is 60.5 Å². The maximum atomic E-state index is 11.9. The van der Waals surface area contributed by atoms with E-state index in [1.165, 1.54) is 4.90 Å². The van der Waals surface area contributed by atoms with Gasteiger partial charge in [0.15, 0.2) is 0 Å². The van der Waals surface area contributed by atoms with E-state index in [9.17, 15) is 4.79 Å². The molecule has 3 rings (SSSR count). The lowest BCUT2D eigenvalue weighted by Crippen LogP contribution is -2.10. The molecular weight excluding hydrogens is 362 g/mol. The van der Waals surface area contributed by atoms with Gasteiger partial charge in [-0.1, -0.05) is 19.1 Å². The first-order valence-electron chi connectivity index (χ1n) is 8.93. The molecule has 0 radical (unpaired) electrons. The van der Waals surface area contributed by atoms with Gasteiger partial charge in [0.1, 0.15) is 5.75 Å². The van der Waals surface area contributed by atoms with Gasteiger partial charge in [-0.05, 0) is 55.5 Å². The molecule has 1 N–H and O–H groups in total. The molecule has 0 saturated heterocycles. The number of carbonyl (C=O) groups excluding carboxylic acids is 1. The van der Waals surface area contributed by atoms with E-state index in [1.807, 2.05) is 48.7 Å². The van der Waals surface area contributed by atoms with E-state index in [1.54, 1.807) is 18.7 Å². The highest BCUT2D eigenvalue weighted by atomic mass is 32.2. The fourth-order valence-electron chi connectivity index (χ4n) is 2.81. The molecule has 5 nitrogen and oxygen atoms in total. The Morgan fingerprint density at radius 1 is 1.11 bits per heavy atom. The first-order valence-corrected chi connectivity index (χ1v) is 10.2. The molecule has 0 aliphatic heterocycles. The number of hydrogen-bond donors (Lipinski definition) is 1. The number of aromatic nitrogens is 1. The zero-order valence-electron chi connectivity index (χ0n) is 15.7. The SMILES string of the molecule is CCCOc1ccc2[nH]c(OC(=O)OCC)c(-c3ccc(SC)cc3)c2c1. The summed E-state index contributed by atoms with van der Waals surface area (Å²) < 4.78 is 16.1. The van der Waals surface area contributed by atoms with Crippen molar-refractivity contribution >= 4 is 28.8 Å². The molecule has 0 spiro atoms. The molecule has 6 heteroatoms. The lowest BCUT2D eigenvalue weighted by Gasteiger charge is -2.08. The van der Waals surface area contributed by atoms with Gasteiger partial charge in [-0.25, -0.2) is 4.79 Å². The third kappa shape index (κ3) is 4.39. The van der Waals surface area contributed by atoms with Crippen molar-refractivity contribution in [3.8, 4) is 22.8 Å². The van der Waals surface area contributed by atoms with E-state index in [4.69, 9.17) is 14.2 Å². The zero-order valence-corrected chi connectivity index (χ0v) is 16.5. The average Bonchev–Trinajstić information content (AvgIpc) is 3.03. The molecule has 0 saturated carbocycles. The van der Waals surface area contributed by atoms with Crippen LogP contribution in [0.1, 0.15) is 20.3 Å². The minimum atomic E-state index is -0.728. The predicted octanol–water partition coefficient (Wildman–Crippen LogP) is 5.88. The van der Waals surface area contributed by atoms with E-state index in [-0.39, 0.29) is 6.61 Å². The van der Waals surface area contributed by atoms with Gasteiger partial charge in [0.25, 0.3) is 0 Å². The molecule has 2 aromatic carbocycles. The number of carbonyl (C=O) groups is 1. The molecule has 27 heavy (non-hydrogen) atoms. The van der Waals surface area contributed by atoms with Crippen LogP contribution in [0.5, 0.6) is 11.6 Å². The normalized spacial score (nSPS) is 10.8. The highest BCUT2D eigenvalue weighted by Gasteiger charge is 2.19. The van der Waals surface area contributed by atoms with Crippen molar-refractivity contribution in [1.82, 2.24) is 4.98 Å². The molecule has 0 aliphatic rings. The van der Waals surface area contributed by atoms with Gasteiger partial charge in [-0.2, -0.15) is 0 Å². The van der Waals surface area contributed by atoms with Crippen LogP contribution in [-0.4, -0.2) is 30.6 Å². The summed E-state index contributed by atoms with van der Waals surface area (Å²) in [6, 6.07) is 13.9. The number of hydrogen-bond acceptors (Lipinski definition) is 5. The Balaban J connectivity index is 2.09. The van der Waals surface area contributed by atoms with Crippen LogP contribution in [0.2, 0.25) is 0 Å². The minimum absolute atomic E-state index is 0.256. The van der Waals surface area contributed by atoms with E-state index in [0.717, 1.165) is 34.2 Å². The lowest BCUT2D eigenvalue weighted by atomic mass is 10.0. The van der Waals surface area contributed by atoms with Crippen LogP contribution in [-0.2, 0) is 4.74 Å². The van der Waals surface area contributed by atoms with E-state index in [2.05, 4.69) is 11.9 Å². The maximum absolute atomic E-state index is 11.9. The summed E-state index contributed by atoms with van der Waals surface area (Å²) in [5, 5.41) is 0.930. The number of rotatable bonds is 7. The summed E-state index contributed by atoms with van der Waals surface area (Å²) in [5.41, 5.74) is 2.63. The molecule has 1 aromatic heterocycles. The minimum Gasteiger partial charge on any atom is -0.494 e. The Morgan fingerprint density at radius 3 is 2.56 bits per heavy atom. The van der Waals surface area contributed by atoms with Gasteiger partial charge in [-0.3, -0.25) is 0 Å². The third-order valence-corrected chi connectivity index (χ3v) is 4.78. The van der Waals surface area contributed by atoms with Crippen LogP contribution in [0, 0.1) is 0 Å². The molecule has 0 unspecified atom stereocenters. The quantitative estimate of drug-likeness (QED) is 0.406. The number of fused-ring (bicyclic) bond motifs is 1. The van der Waals surface area contributed by atoms with Gasteiger partial charge < -0.3 is 19.2 Å². The smallest absolute Gasteiger partial charge is 0.494 e. The Morgan fingerprint density at radius 2 is 1.89 bits per heavy atom. The lowest BCUT2D eigenvalue weighted by molar-refractivity contribution is 0.103. The Bertz CT molecular complexity index is 918. The largest absolute Gasteiger partial charge is 0.515 e. The number of thioether (sulfide) groups is 1. The summed E-state index contributed by atoms with van der Waals surface area (Å²) >= 11 is 1.68. The predicted molar refractivity (Wildman–Crippen MR) is 109 cm³/mol. The Kier molecular flexibility index (Phi) is 6.29. The molecular formula is C21H23NO4S. The van der Waals surface area contributed by atoms with Crippen LogP contribution in [0.25, 0.3) is 22.0 Å². The van der Waals surface area contributed by atoms with E-state index in [0.29, 0.717) is 12.5 Å². The standard InChI is InChI=1S/C21H23NO4S/c1-4-12-25-15-8-11-18-17(13-15)19(14-6-9-16(27-3)10-7-14)20(22-18)26-21(23)24-5-2/h6-11,13,22H,4-5,12H2,1-3H3. The van der Waals surface area contributed by atoms with Crippen LogP contribution < -0.4 is 9.47 Å². The monoisotopic (exact) mass is 385 g/mol. The van der Waals surface area contributed by atoms with Gasteiger partial charge in [-0.15, -0.1) is 11.8 Å². The number of ether oxygens (including phenoxy) is 3. The van der Waals surface area contributed by atoms with Crippen LogP contribution >= 0.6 is 11.8 Å². The fourth-order valence-corrected chi connectivity index (χ4v) is 3.22. The van der Waals surface area contributed by atoms with Crippen molar-refractivity contribution in [3.05, 3.63) is 42.5 Å². The van der Waals surface area contributed by atoms with Gasteiger partial charge in [0, 0.05) is 15.8 Å². The van der Waals surface area contributed by atoms with Gasteiger partial charge >= 0.3 is 6.16 Å². The molecule has 0 atom stereocenters. The zero-order chi connectivity index (χ0) is 19.2. The summed E-state index contributed by atoms with van der Waals surface area (Å²) in [5.74, 6) is 1.15. The maximum Gasteiger partial charge on any atom is 0.515 e. The third-order valence-electron chi connectivity index (χ3n) is 4.03. The van der Waals surface area contributed by atoms with Crippen molar-refractivity contribution in [3.63, 3.8) is 0 Å². The number of aromatic amines is 1. The average molecular weight is 385 g/mol. The first-order chi connectivity index (χ1) is 13.2. The molecule has 0 fully saturated rings. The summed E-state index contributed by atoms with van der Waals surface area (Å²) in [7, 11) is 0. The summed E-state index contributed by atoms with van der Waals surface area (Å²) in [6.45, 7) is 4.72. The molecule has 0 amide bonds. The Hall–Kier alpha value is -2.60. The second kappa shape index (κ2) is 8.86. The Labute approximate surface area is 163 Å². The van der Waals surface area contributed by atoms with Crippen LogP contribution in [0.4, 0.5) is 4.79 Å². The van der Waals surface area contributed by atoms with E-state index >= 15 is 0 Å². The number of nitrogens with one attached hydrogen (secondary N) is 1. The second-order valence-electron chi connectivity index (χ2n) is 5.90. The van der Waals surface area contributed by atoms with Crippen LogP contribution in [0.3, 0.4) is 0 Å². The first kappa shape index (κ1) is 19.2.